The molecule has 0 aromatic heterocycles. The van der Waals surface area contributed by atoms with Gasteiger partial charge in [0.15, 0.2) is 6.61 Å². The summed E-state index contributed by atoms with van der Waals surface area (Å²) < 4.78 is 18.3. The van der Waals surface area contributed by atoms with Crippen LogP contribution in [0.15, 0.2) is 48.5 Å². The van der Waals surface area contributed by atoms with Crippen molar-refractivity contribution >= 4 is 11.8 Å². The van der Waals surface area contributed by atoms with Crippen molar-refractivity contribution in [2.75, 3.05) is 6.61 Å². The molecular formula is C18H19FN2O3. The average Bonchev–Trinajstić information content (AvgIpc) is 2.58. The van der Waals surface area contributed by atoms with E-state index in [1.54, 1.807) is 6.07 Å². The van der Waals surface area contributed by atoms with Crippen LogP contribution in [-0.4, -0.2) is 18.4 Å². The Hall–Kier alpha value is -2.89. The zero-order valence-corrected chi connectivity index (χ0v) is 13.5. The number of para-hydroxylation sites is 1. The van der Waals surface area contributed by atoms with E-state index >= 15 is 0 Å². The molecule has 0 saturated carbocycles. The van der Waals surface area contributed by atoms with Gasteiger partial charge in [0.2, 0.25) is 0 Å². The molecule has 0 radical (unpaired) electrons. The lowest BCUT2D eigenvalue weighted by molar-refractivity contribution is -0.123. The van der Waals surface area contributed by atoms with Gasteiger partial charge in [0.25, 0.3) is 11.8 Å². The van der Waals surface area contributed by atoms with Crippen molar-refractivity contribution in [1.82, 2.24) is 10.9 Å². The summed E-state index contributed by atoms with van der Waals surface area (Å²) in [6, 6.07) is 12.5. The maximum Gasteiger partial charge on any atom is 0.276 e. The summed E-state index contributed by atoms with van der Waals surface area (Å²) in [5.41, 5.74) is 5.75. The third-order valence-electron chi connectivity index (χ3n) is 3.32. The van der Waals surface area contributed by atoms with Gasteiger partial charge in [-0.3, -0.25) is 20.4 Å². The predicted octanol–water partition coefficient (Wildman–Crippen LogP) is 2.79. The predicted molar refractivity (Wildman–Crippen MR) is 88.0 cm³/mol. The van der Waals surface area contributed by atoms with Gasteiger partial charge in [-0.25, -0.2) is 4.39 Å². The van der Waals surface area contributed by atoms with Gasteiger partial charge in [-0.15, -0.1) is 0 Å². The quantitative estimate of drug-likeness (QED) is 0.829. The summed E-state index contributed by atoms with van der Waals surface area (Å²) in [4.78, 5) is 23.6. The van der Waals surface area contributed by atoms with E-state index < -0.39 is 17.6 Å². The molecule has 0 aliphatic rings. The van der Waals surface area contributed by atoms with Gasteiger partial charge < -0.3 is 4.74 Å². The summed E-state index contributed by atoms with van der Waals surface area (Å²) >= 11 is 0. The maximum absolute atomic E-state index is 12.8. The van der Waals surface area contributed by atoms with Crippen LogP contribution >= 0.6 is 0 Å². The Labute approximate surface area is 139 Å². The highest BCUT2D eigenvalue weighted by Crippen LogP contribution is 2.25. The Morgan fingerprint density at radius 1 is 1.04 bits per heavy atom. The van der Waals surface area contributed by atoms with E-state index in [1.165, 1.54) is 24.3 Å². The largest absolute Gasteiger partial charge is 0.483 e. The summed E-state index contributed by atoms with van der Waals surface area (Å²) in [6.45, 7) is 3.84. The summed E-state index contributed by atoms with van der Waals surface area (Å²) in [5.74, 6) is -0.572. The molecule has 0 heterocycles. The van der Waals surface area contributed by atoms with Crippen LogP contribution in [0.4, 0.5) is 4.39 Å². The van der Waals surface area contributed by atoms with Crippen LogP contribution in [0.1, 0.15) is 35.7 Å². The molecule has 0 aliphatic heterocycles. The number of hydrogen-bond acceptors (Lipinski definition) is 3. The number of nitrogens with one attached hydrogen (secondary N) is 2. The second kappa shape index (κ2) is 8.10. The van der Waals surface area contributed by atoms with Crippen molar-refractivity contribution in [2.45, 2.75) is 19.8 Å². The Bertz CT molecular complexity index is 714. The van der Waals surface area contributed by atoms with Crippen molar-refractivity contribution in [3.8, 4) is 5.75 Å². The van der Waals surface area contributed by atoms with Crippen molar-refractivity contribution in [2.24, 2.45) is 0 Å². The van der Waals surface area contributed by atoms with E-state index in [1.807, 2.05) is 32.0 Å². The minimum absolute atomic E-state index is 0.229. The molecule has 0 fully saturated rings. The normalized spacial score (nSPS) is 10.3. The van der Waals surface area contributed by atoms with Gasteiger partial charge in [0.1, 0.15) is 11.6 Å². The lowest BCUT2D eigenvalue weighted by Crippen LogP contribution is -2.43. The molecule has 0 atom stereocenters. The van der Waals surface area contributed by atoms with Crippen LogP contribution in [0.2, 0.25) is 0 Å². The van der Waals surface area contributed by atoms with Crippen LogP contribution < -0.4 is 15.6 Å². The summed E-state index contributed by atoms with van der Waals surface area (Å²) in [7, 11) is 0. The van der Waals surface area contributed by atoms with Crippen LogP contribution in [0.25, 0.3) is 0 Å². The number of rotatable bonds is 5. The first-order valence-electron chi connectivity index (χ1n) is 7.54. The minimum atomic E-state index is -0.536. The van der Waals surface area contributed by atoms with E-state index in [0.717, 1.165) is 5.56 Å². The first kappa shape index (κ1) is 17.5. The molecular weight excluding hydrogens is 311 g/mol. The van der Waals surface area contributed by atoms with Gasteiger partial charge in [-0.1, -0.05) is 32.0 Å². The van der Waals surface area contributed by atoms with E-state index in [-0.39, 0.29) is 18.1 Å². The van der Waals surface area contributed by atoms with Crippen molar-refractivity contribution < 1.29 is 18.7 Å². The average molecular weight is 330 g/mol. The van der Waals surface area contributed by atoms with Crippen molar-refractivity contribution in [1.29, 1.82) is 0 Å². The maximum atomic E-state index is 12.8. The molecule has 2 rings (SSSR count). The molecule has 126 valence electrons. The molecule has 2 amide bonds. The SMILES string of the molecule is CC(C)c1ccccc1OCC(=O)NNC(=O)c1ccc(F)cc1. The standard InChI is InChI=1S/C18H19FN2O3/c1-12(2)15-5-3-4-6-16(15)24-11-17(22)20-21-18(23)13-7-9-14(19)10-8-13/h3-10,12H,11H2,1-2H3,(H,20,22)(H,21,23). The molecule has 2 aromatic carbocycles. The monoisotopic (exact) mass is 330 g/mol. The van der Waals surface area contributed by atoms with E-state index in [4.69, 9.17) is 4.74 Å². The minimum Gasteiger partial charge on any atom is -0.483 e. The molecule has 0 bridgehead atoms. The number of hydrogen-bond donors (Lipinski definition) is 2. The van der Waals surface area contributed by atoms with Crippen molar-refractivity contribution in [3.63, 3.8) is 0 Å². The fraction of sp³-hybridized carbons (Fsp3) is 0.222. The molecule has 0 unspecified atom stereocenters. The molecule has 0 saturated heterocycles. The number of amides is 2. The lowest BCUT2D eigenvalue weighted by Gasteiger charge is -2.14. The Morgan fingerprint density at radius 3 is 2.38 bits per heavy atom. The lowest BCUT2D eigenvalue weighted by atomic mass is 10.0. The van der Waals surface area contributed by atoms with E-state index in [9.17, 15) is 14.0 Å². The molecule has 0 spiro atoms. The number of hydrazine groups is 1. The molecule has 24 heavy (non-hydrogen) atoms. The summed E-state index contributed by atoms with van der Waals surface area (Å²) in [5, 5.41) is 0. The Morgan fingerprint density at radius 2 is 1.71 bits per heavy atom. The van der Waals surface area contributed by atoms with E-state index in [0.29, 0.717) is 5.75 Å². The number of benzene rings is 2. The van der Waals surface area contributed by atoms with Gasteiger partial charge in [0.05, 0.1) is 0 Å². The van der Waals surface area contributed by atoms with Gasteiger partial charge in [-0.2, -0.15) is 0 Å². The number of carbonyl (C=O) groups is 2. The topological polar surface area (TPSA) is 67.4 Å². The second-order valence-electron chi connectivity index (χ2n) is 5.49. The number of carbonyl (C=O) groups excluding carboxylic acids is 2. The zero-order valence-electron chi connectivity index (χ0n) is 13.5. The fourth-order valence-corrected chi connectivity index (χ4v) is 2.07. The van der Waals surface area contributed by atoms with Gasteiger partial charge >= 0.3 is 0 Å². The van der Waals surface area contributed by atoms with Crippen molar-refractivity contribution in [3.05, 3.63) is 65.5 Å². The zero-order chi connectivity index (χ0) is 17.5. The first-order valence-corrected chi connectivity index (χ1v) is 7.54. The third-order valence-corrected chi connectivity index (χ3v) is 3.32. The highest BCUT2D eigenvalue weighted by atomic mass is 19.1. The molecule has 2 aromatic rings. The van der Waals surface area contributed by atoms with Gasteiger partial charge in [-0.05, 0) is 41.8 Å². The third kappa shape index (κ3) is 4.81. The van der Waals surface area contributed by atoms with Crippen LogP contribution in [0.5, 0.6) is 5.75 Å². The van der Waals surface area contributed by atoms with Crippen LogP contribution in [0, 0.1) is 5.82 Å². The first-order chi connectivity index (χ1) is 11.5. The highest BCUT2D eigenvalue weighted by molar-refractivity contribution is 5.95. The van der Waals surface area contributed by atoms with Crippen LogP contribution in [0.3, 0.4) is 0 Å². The number of ether oxygens (including phenoxy) is 1. The Balaban J connectivity index is 1.84. The summed E-state index contributed by atoms with van der Waals surface area (Å²) in [6.07, 6.45) is 0. The smallest absolute Gasteiger partial charge is 0.276 e. The highest BCUT2D eigenvalue weighted by Gasteiger charge is 2.10. The van der Waals surface area contributed by atoms with E-state index in [2.05, 4.69) is 10.9 Å². The number of halogens is 1. The van der Waals surface area contributed by atoms with Gasteiger partial charge in [0, 0.05) is 5.56 Å². The fourth-order valence-electron chi connectivity index (χ4n) is 2.07. The van der Waals surface area contributed by atoms with Crippen LogP contribution in [-0.2, 0) is 4.79 Å². The Kier molecular flexibility index (Phi) is 5.89. The molecule has 0 aliphatic carbocycles. The molecule has 2 N–H and O–H groups in total. The second-order valence-corrected chi connectivity index (χ2v) is 5.49. The molecule has 5 nitrogen and oxygen atoms in total. The molecule has 6 heteroatoms.